The number of pyridine rings is 1. The van der Waals surface area contributed by atoms with Gasteiger partial charge in [0.05, 0.1) is 11.2 Å². The van der Waals surface area contributed by atoms with Gasteiger partial charge < -0.3 is 5.73 Å². The lowest BCUT2D eigenvalue weighted by atomic mass is 10.1. The number of para-hydroxylation sites is 1. The van der Waals surface area contributed by atoms with E-state index in [1.807, 2.05) is 36.4 Å². The summed E-state index contributed by atoms with van der Waals surface area (Å²) >= 11 is 0. The Morgan fingerprint density at radius 2 is 1.88 bits per heavy atom. The van der Waals surface area contributed by atoms with Crippen LogP contribution in [0.25, 0.3) is 22.2 Å². The molecule has 0 unspecified atom stereocenters. The van der Waals surface area contributed by atoms with Gasteiger partial charge in [-0.2, -0.15) is 0 Å². The van der Waals surface area contributed by atoms with Crippen molar-refractivity contribution in [2.75, 3.05) is 5.73 Å². The molecule has 2 heterocycles. The molecule has 17 heavy (non-hydrogen) atoms. The first-order valence-electron chi connectivity index (χ1n) is 5.26. The summed E-state index contributed by atoms with van der Waals surface area (Å²) in [4.78, 5) is 12.4. The Bertz CT molecular complexity index is 679. The molecule has 0 fully saturated rings. The van der Waals surface area contributed by atoms with E-state index in [2.05, 4.69) is 15.0 Å². The smallest absolute Gasteiger partial charge is 0.220 e. The molecule has 1 aromatic carbocycles. The van der Waals surface area contributed by atoms with Crippen LogP contribution in [0.4, 0.5) is 5.95 Å². The molecule has 4 nitrogen and oxygen atoms in total. The lowest BCUT2D eigenvalue weighted by molar-refractivity contribution is 1.19. The molecule has 0 saturated carbocycles. The van der Waals surface area contributed by atoms with Crippen LogP contribution in [0.5, 0.6) is 0 Å². The fraction of sp³-hybridized carbons (Fsp3) is 0. The molecule has 82 valence electrons. The van der Waals surface area contributed by atoms with Crippen LogP contribution in [0.2, 0.25) is 0 Å². The normalized spacial score (nSPS) is 10.6. The number of aromatic nitrogens is 3. The molecule has 0 aliphatic rings. The molecule has 0 saturated heterocycles. The van der Waals surface area contributed by atoms with Gasteiger partial charge in [-0.1, -0.05) is 18.2 Å². The maximum absolute atomic E-state index is 5.57. The fourth-order valence-corrected chi connectivity index (χ4v) is 1.75. The first-order valence-corrected chi connectivity index (χ1v) is 5.26. The number of nitrogen functional groups attached to an aromatic ring is 1. The van der Waals surface area contributed by atoms with E-state index in [0.29, 0.717) is 0 Å². The minimum absolute atomic E-state index is 0.274. The molecule has 0 aliphatic heterocycles. The largest absolute Gasteiger partial charge is 0.368 e. The first-order chi connectivity index (χ1) is 8.33. The number of hydrogen-bond donors (Lipinski definition) is 1. The molecule has 3 aromatic rings. The number of rotatable bonds is 1. The molecule has 3 rings (SSSR count). The van der Waals surface area contributed by atoms with Crippen LogP contribution < -0.4 is 5.73 Å². The van der Waals surface area contributed by atoms with Gasteiger partial charge in [0, 0.05) is 23.3 Å². The molecular formula is C13H10N4. The van der Waals surface area contributed by atoms with Crippen molar-refractivity contribution in [3.63, 3.8) is 0 Å². The van der Waals surface area contributed by atoms with Crippen LogP contribution >= 0.6 is 0 Å². The maximum atomic E-state index is 5.57. The summed E-state index contributed by atoms with van der Waals surface area (Å²) in [5.41, 5.74) is 8.27. The Hall–Kier alpha value is -2.49. The molecule has 0 aliphatic carbocycles. The second-order valence-corrected chi connectivity index (χ2v) is 3.72. The second-order valence-electron chi connectivity index (χ2n) is 3.72. The van der Waals surface area contributed by atoms with Gasteiger partial charge in [0.1, 0.15) is 0 Å². The molecule has 4 heteroatoms. The summed E-state index contributed by atoms with van der Waals surface area (Å²) in [6.45, 7) is 0. The highest BCUT2D eigenvalue weighted by molar-refractivity contribution is 5.82. The van der Waals surface area contributed by atoms with Crippen LogP contribution in [0, 0.1) is 0 Å². The third-order valence-corrected chi connectivity index (χ3v) is 2.56. The minimum atomic E-state index is 0.274. The minimum Gasteiger partial charge on any atom is -0.368 e. The monoisotopic (exact) mass is 222 g/mol. The predicted molar refractivity (Wildman–Crippen MR) is 67.2 cm³/mol. The zero-order valence-electron chi connectivity index (χ0n) is 9.04. The van der Waals surface area contributed by atoms with Crippen LogP contribution in [0.15, 0.2) is 48.8 Å². The van der Waals surface area contributed by atoms with E-state index in [4.69, 9.17) is 5.73 Å². The molecule has 0 spiro atoms. The zero-order chi connectivity index (χ0) is 11.7. The molecule has 0 amide bonds. The molecular weight excluding hydrogens is 212 g/mol. The van der Waals surface area contributed by atoms with Crippen LogP contribution in [-0.2, 0) is 0 Å². The summed E-state index contributed by atoms with van der Waals surface area (Å²) in [7, 11) is 0. The van der Waals surface area contributed by atoms with Crippen LogP contribution in [0.3, 0.4) is 0 Å². The Morgan fingerprint density at radius 3 is 2.76 bits per heavy atom. The van der Waals surface area contributed by atoms with Gasteiger partial charge in [-0.25, -0.2) is 9.97 Å². The second kappa shape index (κ2) is 3.83. The average Bonchev–Trinajstić information content (AvgIpc) is 2.38. The number of nitrogens with zero attached hydrogens (tertiary/aromatic N) is 3. The van der Waals surface area contributed by atoms with E-state index in [1.165, 1.54) is 0 Å². The fourth-order valence-electron chi connectivity index (χ4n) is 1.75. The predicted octanol–water partition coefficient (Wildman–Crippen LogP) is 2.27. The Balaban J connectivity index is 2.18. The van der Waals surface area contributed by atoms with E-state index < -0.39 is 0 Å². The van der Waals surface area contributed by atoms with E-state index in [-0.39, 0.29) is 5.95 Å². The van der Waals surface area contributed by atoms with Crippen molar-refractivity contribution in [2.45, 2.75) is 0 Å². The van der Waals surface area contributed by atoms with Crippen LogP contribution in [0.1, 0.15) is 0 Å². The molecule has 0 radical (unpaired) electrons. The molecule has 0 bridgehead atoms. The number of fused-ring (bicyclic) bond motifs is 1. The van der Waals surface area contributed by atoms with Gasteiger partial charge in [0.2, 0.25) is 5.95 Å². The number of hydrogen-bond acceptors (Lipinski definition) is 4. The highest BCUT2D eigenvalue weighted by atomic mass is 15.0. The van der Waals surface area contributed by atoms with E-state index in [1.54, 1.807) is 12.4 Å². The highest BCUT2D eigenvalue weighted by Crippen LogP contribution is 2.20. The average molecular weight is 222 g/mol. The van der Waals surface area contributed by atoms with Crippen molar-refractivity contribution in [1.29, 1.82) is 0 Å². The van der Waals surface area contributed by atoms with Gasteiger partial charge in [0.15, 0.2) is 0 Å². The molecule has 2 N–H and O–H groups in total. The summed E-state index contributed by atoms with van der Waals surface area (Å²) in [6, 6.07) is 11.8. The van der Waals surface area contributed by atoms with Crippen molar-refractivity contribution in [2.24, 2.45) is 0 Å². The number of nitrogens with two attached hydrogens (primary N) is 1. The Morgan fingerprint density at radius 1 is 1.00 bits per heavy atom. The standard InChI is InChI=1S/C13H10N4/c14-13-15-6-5-12(17-13)10-7-9-3-1-2-4-11(9)16-8-10/h1-8H,(H2,14,15,17). The molecule has 0 atom stereocenters. The van der Waals surface area contributed by atoms with Crippen molar-refractivity contribution in [1.82, 2.24) is 15.0 Å². The first kappa shape index (κ1) is 9.72. The van der Waals surface area contributed by atoms with Gasteiger partial charge in [-0.05, 0) is 18.2 Å². The number of benzene rings is 1. The summed E-state index contributed by atoms with van der Waals surface area (Å²) < 4.78 is 0. The summed E-state index contributed by atoms with van der Waals surface area (Å²) in [5, 5.41) is 1.09. The maximum Gasteiger partial charge on any atom is 0.220 e. The summed E-state index contributed by atoms with van der Waals surface area (Å²) in [6.07, 6.45) is 3.44. The van der Waals surface area contributed by atoms with Gasteiger partial charge in [0.25, 0.3) is 0 Å². The van der Waals surface area contributed by atoms with Crippen molar-refractivity contribution in [3.05, 3.63) is 48.8 Å². The van der Waals surface area contributed by atoms with E-state index in [9.17, 15) is 0 Å². The highest BCUT2D eigenvalue weighted by Gasteiger charge is 2.02. The summed E-state index contributed by atoms with van der Waals surface area (Å²) in [5.74, 6) is 0.274. The van der Waals surface area contributed by atoms with Gasteiger partial charge >= 0.3 is 0 Å². The van der Waals surface area contributed by atoms with Crippen molar-refractivity contribution in [3.8, 4) is 11.3 Å². The topological polar surface area (TPSA) is 64.7 Å². The van der Waals surface area contributed by atoms with Crippen LogP contribution in [-0.4, -0.2) is 15.0 Å². The lowest BCUT2D eigenvalue weighted by Crippen LogP contribution is -1.95. The Kier molecular flexibility index (Phi) is 2.19. The van der Waals surface area contributed by atoms with Gasteiger partial charge in [-0.15, -0.1) is 0 Å². The van der Waals surface area contributed by atoms with E-state index >= 15 is 0 Å². The number of anilines is 1. The van der Waals surface area contributed by atoms with Gasteiger partial charge in [-0.3, -0.25) is 4.98 Å². The van der Waals surface area contributed by atoms with Crippen molar-refractivity contribution < 1.29 is 0 Å². The zero-order valence-corrected chi connectivity index (χ0v) is 9.04. The third-order valence-electron chi connectivity index (χ3n) is 2.56. The van der Waals surface area contributed by atoms with E-state index in [0.717, 1.165) is 22.2 Å². The molecule has 2 aromatic heterocycles. The quantitative estimate of drug-likeness (QED) is 0.686. The SMILES string of the molecule is Nc1nccc(-c2cnc3ccccc3c2)n1. The van der Waals surface area contributed by atoms with Crippen molar-refractivity contribution >= 4 is 16.9 Å². The lowest BCUT2D eigenvalue weighted by Gasteiger charge is -2.02. The Labute approximate surface area is 98.2 Å². The third kappa shape index (κ3) is 1.80.